The number of aliphatic carboxylic acids is 3. The molecule has 21 heteroatoms. The van der Waals surface area contributed by atoms with E-state index >= 15 is 0 Å². The maximum Gasteiger partial charge on any atom is 0.490 e. The zero-order valence-corrected chi connectivity index (χ0v) is 26.1. The molecule has 47 heavy (non-hydrogen) atoms. The lowest BCUT2D eigenvalue weighted by atomic mass is 10.0. The van der Waals surface area contributed by atoms with Crippen molar-refractivity contribution in [1.82, 2.24) is 31.2 Å². The molecule has 0 spiro atoms. The zero-order valence-electron chi connectivity index (χ0n) is 25.4. The first-order valence-corrected chi connectivity index (χ1v) is 14.2. The first-order chi connectivity index (χ1) is 21.7. The quantitative estimate of drug-likeness (QED) is 0.0920. The van der Waals surface area contributed by atoms with Gasteiger partial charge in [-0.25, -0.2) is 9.78 Å². The summed E-state index contributed by atoms with van der Waals surface area (Å²) in [6.07, 6.45) is -3.92. The maximum atomic E-state index is 13.3. The summed E-state index contributed by atoms with van der Waals surface area (Å²) in [5.41, 5.74) is 0.396. The van der Waals surface area contributed by atoms with E-state index in [2.05, 4.69) is 31.2 Å². The van der Waals surface area contributed by atoms with Crippen LogP contribution in [0.5, 0.6) is 0 Å². The van der Waals surface area contributed by atoms with Crippen LogP contribution < -0.4 is 21.3 Å². The van der Waals surface area contributed by atoms with Crippen LogP contribution in [-0.4, -0.2) is 109 Å². The van der Waals surface area contributed by atoms with E-state index in [0.717, 1.165) is 0 Å². The third-order valence-corrected chi connectivity index (χ3v) is 6.01. The summed E-state index contributed by atoms with van der Waals surface area (Å²) in [6.45, 7) is 4.87. The number of aromatic nitrogens is 2. The standard InChI is InChI=1S/C24H35ClN6O9.C2HF3O2/c1-12(2)6-17(28-13(3)32)23(39)29-15(4-5-20(34)35)22(38)31-18(7-14-10-26-11-27-14)24(40)30-16(8-21(36)37)19(33)9-25;3-2(4,5)1(6)7/h10-12,15-18H,4-9H2,1-3H3,(H,26,27)(H,28,32)(H,29,39)(H,30,40)(H,31,38)(H,34,35)(H,36,37);(H,6,7)/t15-,16-,17-,18-;/m0./s1. The number of nitrogens with zero attached hydrogens (tertiary/aromatic N) is 1. The van der Waals surface area contributed by atoms with Crippen LogP contribution in [0, 0.1) is 5.92 Å². The summed E-state index contributed by atoms with van der Waals surface area (Å²) in [6, 6.07) is -5.28. The Kier molecular flexibility index (Phi) is 18.3. The van der Waals surface area contributed by atoms with Gasteiger partial charge in [0.05, 0.1) is 24.7 Å². The fourth-order valence-electron chi connectivity index (χ4n) is 3.64. The number of carbonyl (C=O) groups excluding carboxylic acids is 5. The molecule has 0 aliphatic heterocycles. The van der Waals surface area contributed by atoms with Crippen LogP contribution >= 0.6 is 11.6 Å². The minimum atomic E-state index is -5.08. The smallest absolute Gasteiger partial charge is 0.481 e. The number of nitrogens with one attached hydrogen (secondary N) is 5. The van der Waals surface area contributed by atoms with E-state index < -0.39 is 96.4 Å². The molecule has 0 bridgehead atoms. The number of hydrogen-bond donors (Lipinski definition) is 8. The molecule has 0 aliphatic rings. The summed E-state index contributed by atoms with van der Waals surface area (Å²) < 4.78 is 31.7. The second-order valence-corrected chi connectivity index (χ2v) is 10.5. The van der Waals surface area contributed by atoms with Crippen LogP contribution in [0.25, 0.3) is 0 Å². The van der Waals surface area contributed by atoms with E-state index in [0.29, 0.717) is 5.69 Å². The normalized spacial score (nSPS) is 13.4. The average molecular weight is 701 g/mol. The van der Waals surface area contributed by atoms with Gasteiger partial charge in [0.15, 0.2) is 5.78 Å². The van der Waals surface area contributed by atoms with E-state index in [1.165, 1.54) is 19.4 Å². The number of aromatic amines is 1. The summed E-state index contributed by atoms with van der Waals surface area (Å²) >= 11 is 5.54. The number of carboxylic acid groups (broad SMARTS) is 3. The number of H-pyrrole nitrogens is 1. The summed E-state index contributed by atoms with van der Waals surface area (Å²) in [7, 11) is 0. The Bertz CT molecular complexity index is 1260. The van der Waals surface area contributed by atoms with E-state index in [9.17, 15) is 46.7 Å². The number of alkyl halides is 4. The number of carboxylic acids is 3. The van der Waals surface area contributed by atoms with Crippen molar-refractivity contribution >= 4 is 58.9 Å². The number of rotatable bonds is 18. The lowest BCUT2D eigenvalue weighted by molar-refractivity contribution is -0.192. The van der Waals surface area contributed by atoms with E-state index in [4.69, 9.17) is 31.7 Å². The molecule has 0 aliphatic carbocycles. The van der Waals surface area contributed by atoms with E-state index in [1.54, 1.807) is 0 Å². The Hall–Kier alpha value is -4.75. The average Bonchev–Trinajstić information content (AvgIpc) is 3.45. The Labute approximate surface area is 270 Å². The number of imidazole rings is 1. The molecule has 1 rings (SSSR count). The van der Waals surface area contributed by atoms with Gasteiger partial charge in [-0.2, -0.15) is 13.2 Å². The van der Waals surface area contributed by atoms with Gasteiger partial charge in [-0.15, -0.1) is 11.6 Å². The van der Waals surface area contributed by atoms with Gasteiger partial charge < -0.3 is 41.6 Å². The molecular formula is C26H36ClF3N6O11. The molecule has 0 fully saturated rings. The maximum absolute atomic E-state index is 13.3. The van der Waals surface area contributed by atoms with Crippen LogP contribution in [0.4, 0.5) is 13.2 Å². The summed E-state index contributed by atoms with van der Waals surface area (Å²) in [5.74, 6) is -9.75. The Balaban J connectivity index is 0.00000270. The molecule has 0 aromatic carbocycles. The minimum Gasteiger partial charge on any atom is -0.481 e. The highest BCUT2D eigenvalue weighted by Crippen LogP contribution is 2.13. The molecule has 4 atom stereocenters. The lowest BCUT2D eigenvalue weighted by Gasteiger charge is -2.26. The second-order valence-electron chi connectivity index (χ2n) is 10.3. The zero-order chi connectivity index (χ0) is 36.5. The SMILES string of the molecule is CC(=O)N[C@@H](CC(C)C)C(=O)N[C@@H](CCC(=O)O)C(=O)N[C@@H](Cc1cnc[nH]1)C(=O)N[C@@H](CC(=O)O)C(=O)CCl.O=C(O)C(F)(F)F. The van der Waals surface area contributed by atoms with Gasteiger partial charge in [-0.3, -0.25) is 33.6 Å². The van der Waals surface area contributed by atoms with Crippen molar-refractivity contribution in [3.05, 3.63) is 18.2 Å². The molecule has 0 saturated carbocycles. The van der Waals surface area contributed by atoms with Gasteiger partial charge >= 0.3 is 24.1 Å². The van der Waals surface area contributed by atoms with Crippen LogP contribution in [0.1, 0.15) is 52.1 Å². The summed E-state index contributed by atoms with van der Waals surface area (Å²) in [5, 5.41) is 35.0. The highest BCUT2D eigenvalue weighted by molar-refractivity contribution is 6.28. The number of halogens is 4. The second kappa shape index (κ2) is 20.4. The van der Waals surface area contributed by atoms with Crippen molar-refractivity contribution < 1.29 is 66.8 Å². The molecule has 17 nitrogen and oxygen atoms in total. The fraction of sp³-hybridized carbons (Fsp3) is 0.577. The molecule has 0 unspecified atom stereocenters. The van der Waals surface area contributed by atoms with Crippen molar-refractivity contribution in [3.8, 4) is 0 Å². The third-order valence-electron chi connectivity index (χ3n) is 5.75. The van der Waals surface area contributed by atoms with Crippen LogP contribution in [0.15, 0.2) is 12.5 Å². The molecular weight excluding hydrogens is 665 g/mol. The molecule has 8 N–H and O–H groups in total. The first-order valence-electron chi connectivity index (χ1n) is 13.7. The van der Waals surface area contributed by atoms with Crippen LogP contribution in [0.3, 0.4) is 0 Å². The highest BCUT2D eigenvalue weighted by atomic mass is 35.5. The highest BCUT2D eigenvalue weighted by Gasteiger charge is 2.38. The molecule has 0 saturated heterocycles. The van der Waals surface area contributed by atoms with Gasteiger partial charge in [-0.05, 0) is 18.8 Å². The number of hydrogen-bond acceptors (Lipinski definition) is 9. The number of amides is 4. The van der Waals surface area contributed by atoms with Crippen molar-refractivity contribution in [3.63, 3.8) is 0 Å². The van der Waals surface area contributed by atoms with Crippen molar-refractivity contribution in [1.29, 1.82) is 0 Å². The lowest BCUT2D eigenvalue weighted by Crippen LogP contribution is -2.58. The van der Waals surface area contributed by atoms with E-state index in [1.807, 2.05) is 13.8 Å². The van der Waals surface area contributed by atoms with Gasteiger partial charge in [-0.1, -0.05) is 13.8 Å². The molecule has 264 valence electrons. The molecule has 0 radical (unpaired) electrons. The molecule has 1 heterocycles. The van der Waals surface area contributed by atoms with Crippen molar-refractivity contribution in [2.24, 2.45) is 5.92 Å². The van der Waals surface area contributed by atoms with Gasteiger partial charge in [0.25, 0.3) is 0 Å². The first kappa shape index (κ1) is 42.2. The Morgan fingerprint density at radius 2 is 1.36 bits per heavy atom. The number of Topliss-reactive ketones (excluding diaryl/α,β-unsaturated/α-hetero) is 1. The molecule has 1 aromatic heterocycles. The largest absolute Gasteiger partial charge is 0.490 e. The Morgan fingerprint density at radius 3 is 1.79 bits per heavy atom. The van der Waals surface area contributed by atoms with Gasteiger partial charge in [0.1, 0.15) is 18.1 Å². The molecule has 1 aromatic rings. The van der Waals surface area contributed by atoms with E-state index in [-0.39, 0.29) is 25.2 Å². The predicted molar refractivity (Wildman–Crippen MR) is 154 cm³/mol. The fourth-order valence-corrected chi connectivity index (χ4v) is 3.83. The van der Waals surface area contributed by atoms with Gasteiger partial charge in [0, 0.05) is 31.7 Å². The molecule has 4 amide bonds. The van der Waals surface area contributed by atoms with Crippen molar-refractivity contribution in [2.45, 2.75) is 83.2 Å². The van der Waals surface area contributed by atoms with Gasteiger partial charge in [0.2, 0.25) is 23.6 Å². The minimum absolute atomic E-state index is 0.00850. The monoisotopic (exact) mass is 700 g/mol. The summed E-state index contributed by atoms with van der Waals surface area (Å²) in [4.78, 5) is 101. The number of ketones is 1. The topological polar surface area (TPSA) is 274 Å². The third kappa shape index (κ3) is 18.1. The predicted octanol–water partition coefficient (Wildman–Crippen LogP) is -0.262. The van der Waals surface area contributed by atoms with Crippen LogP contribution in [0.2, 0.25) is 0 Å². The van der Waals surface area contributed by atoms with Crippen molar-refractivity contribution in [2.75, 3.05) is 5.88 Å². The van der Waals surface area contributed by atoms with Crippen LogP contribution in [-0.2, 0) is 44.8 Å². The Morgan fingerprint density at radius 1 is 0.851 bits per heavy atom. The number of carbonyl (C=O) groups is 8.